The lowest BCUT2D eigenvalue weighted by molar-refractivity contribution is 0.0947. The summed E-state index contributed by atoms with van der Waals surface area (Å²) in [6.45, 7) is 0.559. The quantitative estimate of drug-likeness (QED) is 0.745. The highest BCUT2D eigenvalue weighted by Gasteiger charge is 2.37. The number of hydrogen-bond donors (Lipinski definition) is 2. The molecule has 1 aliphatic carbocycles. The predicted octanol–water partition coefficient (Wildman–Crippen LogP) is 0.608. The van der Waals surface area contributed by atoms with Crippen LogP contribution < -0.4 is 5.73 Å². The molecular weight excluding hydrogens is 190 g/mol. The van der Waals surface area contributed by atoms with E-state index in [0.29, 0.717) is 6.54 Å². The average molecular weight is 207 g/mol. The van der Waals surface area contributed by atoms with Crippen LogP contribution in [0.1, 0.15) is 31.5 Å². The fourth-order valence-corrected chi connectivity index (χ4v) is 2.25. The second-order valence-electron chi connectivity index (χ2n) is 4.29. The third-order valence-corrected chi connectivity index (χ3v) is 3.34. The van der Waals surface area contributed by atoms with Gasteiger partial charge in [-0.3, -0.25) is 0 Å². The lowest BCUT2D eigenvalue weighted by Crippen LogP contribution is -2.41. The van der Waals surface area contributed by atoms with E-state index in [2.05, 4.69) is 9.97 Å². The van der Waals surface area contributed by atoms with Gasteiger partial charge < -0.3 is 10.8 Å². The van der Waals surface area contributed by atoms with Gasteiger partial charge in [0, 0.05) is 24.4 Å². The van der Waals surface area contributed by atoms with Crippen LogP contribution in [-0.2, 0) is 5.41 Å². The minimum Gasteiger partial charge on any atom is -0.393 e. The monoisotopic (exact) mass is 207 g/mol. The van der Waals surface area contributed by atoms with Crippen LogP contribution in [0.4, 0.5) is 0 Å². The Morgan fingerprint density at radius 2 is 1.93 bits per heavy atom. The predicted molar refractivity (Wildman–Crippen MR) is 57.2 cm³/mol. The van der Waals surface area contributed by atoms with Gasteiger partial charge in [0.2, 0.25) is 0 Å². The minimum atomic E-state index is -0.173. The van der Waals surface area contributed by atoms with Crippen LogP contribution in [0.25, 0.3) is 0 Å². The molecule has 1 aliphatic rings. The molecule has 0 atom stereocenters. The highest BCUT2D eigenvalue weighted by molar-refractivity contribution is 5.10. The lowest BCUT2D eigenvalue weighted by Gasteiger charge is -2.36. The first kappa shape index (κ1) is 10.5. The Morgan fingerprint density at radius 1 is 1.33 bits per heavy atom. The summed E-state index contributed by atoms with van der Waals surface area (Å²) in [5.74, 6) is 0.833. The Balaban J connectivity index is 2.23. The summed E-state index contributed by atoms with van der Waals surface area (Å²) in [5.41, 5.74) is 5.74. The van der Waals surface area contributed by atoms with Crippen molar-refractivity contribution in [3.05, 3.63) is 24.3 Å². The van der Waals surface area contributed by atoms with Gasteiger partial charge in [-0.15, -0.1) is 0 Å². The number of nitrogens with zero attached hydrogens (tertiary/aromatic N) is 2. The topological polar surface area (TPSA) is 72.0 Å². The fourth-order valence-electron chi connectivity index (χ4n) is 2.25. The van der Waals surface area contributed by atoms with Gasteiger partial charge in [-0.25, -0.2) is 9.97 Å². The molecule has 0 spiro atoms. The Bertz CT molecular complexity index is 307. The molecule has 3 N–H and O–H groups in total. The molecule has 4 nitrogen and oxygen atoms in total. The van der Waals surface area contributed by atoms with Crippen LogP contribution in [0.15, 0.2) is 18.5 Å². The van der Waals surface area contributed by atoms with Gasteiger partial charge in [0.1, 0.15) is 5.82 Å². The standard InChI is InChI=1S/C11H17N3O/c12-8-11(4-2-9(15)3-5-11)10-13-6-1-7-14-10/h1,6-7,9,15H,2-5,8,12H2. The molecule has 15 heavy (non-hydrogen) atoms. The Hall–Kier alpha value is -1.00. The maximum atomic E-state index is 9.50. The van der Waals surface area contributed by atoms with E-state index in [9.17, 15) is 5.11 Å². The molecule has 1 aromatic rings. The van der Waals surface area contributed by atoms with E-state index in [-0.39, 0.29) is 11.5 Å². The first-order valence-electron chi connectivity index (χ1n) is 5.42. The zero-order valence-electron chi connectivity index (χ0n) is 8.76. The van der Waals surface area contributed by atoms with Crippen molar-refractivity contribution in [1.29, 1.82) is 0 Å². The molecule has 1 fully saturated rings. The molecule has 0 aliphatic heterocycles. The number of rotatable bonds is 2. The molecule has 1 aromatic heterocycles. The highest BCUT2D eigenvalue weighted by Crippen LogP contribution is 2.36. The van der Waals surface area contributed by atoms with Crippen LogP contribution in [0.2, 0.25) is 0 Å². The molecule has 0 amide bonds. The molecule has 2 rings (SSSR count). The van der Waals surface area contributed by atoms with Crippen molar-refractivity contribution in [2.75, 3.05) is 6.54 Å². The second kappa shape index (κ2) is 4.24. The van der Waals surface area contributed by atoms with E-state index in [1.165, 1.54) is 0 Å². The van der Waals surface area contributed by atoms with Crippen molar-refractivity contribution in [1.82, 2.24) is 9.97 Å². The van der Waals surface area contributed by atoms with E-state index in [1.807, 2.05) is 6.07 Å². The molecule has 1 heterocycles. The van der Waals surface area contributed by atoms with Crippen molar-refractivity contribution in [2.24, 2.45) is 5.73 Å². The van der Waals surface area contributed by atoms with Crippen LogP contribution >= 0.6 is 0 Å². The van der Waals surface area contributed by atoms with E-state index in [1.54, 1.807) is 12.4 Å². The SMILES string of the molecule is NCC1(c2ncccn2)CCC(O)CC1. The highest BCUT2D eigenvalue weighted by atomic mass is 16.3. The number of aromatic nitrogens is 2. The molecule has 0 bridgehead atoms. The summed E-state index contributed by atoms with van der Waals surface area (Å²) >= 11 is 0. The van der Waals surface area contributed by atoms with Crippen molar-refractivity contribution in [2.45, 2.75) is 37.2 Å². The largest absolute Gasteiger partial charge is 0.393 e. The molecule has 0 aromatic carbocycles. The number of nitrogens with two attached hydrogens (primary N) is 1. The van der Waals surface area contributed by atoms with Crippen molar-refractivity contribution in [3.8, 4) is 0 Å². The van der Waals surface area contributed by atoms with Gasteiger partial charge in [-0.1, -0.05) is 0 Å². The Labute approximate surface area is 89.6 Å². The van der Waals surface area contributed by atoms with E-state index in [4.69, 9.17) is 5.73 Å². The summed E-state index contributed by atoms with van der Waals surface area (Å²) in [4.78, 5) is 8.60. The van der Waals surface area contributed by atoms with Crippen LogP contribution in [-0.4, -0.2) is 27.7 Å². The smallest absolute Gasteiger partial charge is 0.135 e. The van der Waals surface area contributed by atoms with Crippen molar-refractivity contribution in [3.63, 3.8) is 0 Å². The number of hydrogen-bond acceptors (Lipinski definition) is 4. The molecule has 4 heteroatoms. The maximum absolute atomic E-state index is 9.50. The molecule has 1 saturated carbocycles. The zero-order chi connectivity index (χ0) is 10.7. The van der Waals surface area contributed by atoms with E-state index in [0.717, 1.165) is 31.5 Å². The summed E-state index contributed by atoms with van der Waals surface area (Å²) in [7, 11) is 0. The third-order valence-electron chi connectivity index (χ3n) is 3.34. The van der Waals surface area contributed by atoms with Crippen molar-refractivity contribution < 1.29 is 5.11 Å². The third kappa shape index (κ3) is 2.01. The normalized spacial score (nSPS) is 31.5. The second-order valence-corrected chi connectivity index (χ2v) is 4.29. The summed E-state index contributed by atoms with van der Waals surface area (Å²) in [6.07, 6.45) is 6.71. The van der Waals surface area contributed by atoms with Gasteiger partial charge in [0.15, 0.2) is 0 Å². The average Bonchev–Trinajstić information content (AvgIpc) is 2.32. The summed E-state index contributed by atoms with van der Waals surface area (Å²) in [6, 6.07) is 1.81. The fraction of sp³-hybridized carbons (Fsp3) is 0.636. The molecule has 82 valence electrons. The molecular formula is C11H17N3O. The van der Waals surface area contributed by atoms with Crippen molar-refractivity contribution >= 4 is 0 Å². The van der Waals surface area contributed by atoms with Gasteiger partial charge in [0.25, 0.3) is 0 Å². The summed E-state index contributed by atoms with van der Waals surface area (Å²) < 4.78 is 0. The number of aliphatic hydroxyl groups excluding tert-OH is 1. The first-order chi connectivity index (χ1) is 7.27. The molecule has 0 saturated heterocycles. The molecule has 0 unspecified atom stereocenters. The Kier molecular flexibility index (Phi) is 2.98. The lowest BCUT2D eigenvalue weighted by atomic mass is 9.72. The molecule has 0 radical (unpaired) electrons. The maximum Gasteiger partial charge on any atom is 0.135 e. The number of aliphatic hydroxyl groups is 1. The van der Waals surface area contributed by atoms with Gasteiger partial charge in [0.05, 0.1) is 6.10 Å². The van der Waals surface area contributed by atoms with E-state index >= 15 is 0 Å². The minimum absolute atomic E-state index is 0.111. The van der Waals surface area contributed by atoms with Gasteiger partial charge in [-0.05, 0) is 31.7 Å². The van der Waals surface area contributed by atoms with Gasteiger partial charge >= 0.3 is 0 Å². The van der Waals surface area contributed by atoms with Crippen LogP contribution in [0, 0.1) is 0 Å². The Morgan fingerprint density at radius 3 is 2.47 bits per heavy atom. The van der Waals surface area contributed by atoms with Crippen LogP contribution in [0.3, 0.4) is 0 Å². The summed E-state index contributed by atoms with van der Waals surface area (Å²) in [5, 5.41) is 9.50. The first-order valence-corrected chi connectivity index (χ1v) is 5.42. The van der Waals surface area contributed by atoms with E-state index < -0.39 is 0 Å². The van der Waals surface area contributed by atoms with Crippen LogP contribution in [0.5, 0.6) is 0 Å². The zero-order valence-corrected chi connectivity index (χ0v) is 8.76. The van der Waals surface area contributed by atoms with Gasteiger partial charge in [-0.2, -0.15) is 0 Å².